The highest BCUT2D eigenvalue weighted by Crippen LogP contribution is 2.18. The Morgan fingerprint density at radius 1 is 1.03 bits per heavy atom. The lowest BCUT2D eigenvalue weighted by atomic mass is 10.2. The minimum atomic E-state index is -1.17. The second-order valence-corrected chi connectivity index (χ2v) is 7.41. The van der Waals surface area contributed by atoms with Gasteiger partial charge in [-0.15, -0.1) is 0 Å². The maximum atomic E-state index is 14.8. The first-order valence-electron chi connectivity index (χ1n) is 9.80. The second kappa shape index (κ2) is 8.41. The van der Waals surface area contributed by atoms with Gasteiger partial charge in [-0.2, -0.15) is 9.78 Å². The summed E-state index contributed by atoms with van der Waals surface area (Å²) in [6.45, 7) is 2.87. The van der Waals surface area contributed by atoms with Crippen molar-refractivity contribution in [1.29, 1.82) is 0 Å². The zero-order valence-corrected chi connectivity index (χ0v) is 17.6. The molecule has 8 nitrogen and oxygen atoms in total. The summed E-state index contributed by atoms with van der Waals surface area (Å²) in [4.78, 5) is 27.9. The van der Waals surface area contributed by atoms with Crippen molar-refractivity contribution >= 4 is 5.97 Å². The predicted molar refractivity (Wildman–Crippen MR) is 111 cm³/mol. The lowest BCUT2D eigenvalue weighted by molar-refractivity contribution is 0.0690. The summed E-state index contributed by atoms with van der Waals surface area (Å²) in [5.41, 5.74) is -0.323. The molecule has 2 aromatic carbocycles. The third kappa shape index (κ3) is 4.04. The molecule has 0 bridgehead atoms. The van der Waals surface area contributed by atoms with Crippen LogP contribution in [0.5, 0.6) is 0 Å². The molecule has 33 heavy (non-hydrogen) atoms. The van der Waals surface area contributed by atoms with E-state index in [2.05, 4.69) is 10.1 Å². The predicted octanol–water partition coefficient (Wildman–Crippen LogP) is 3.06. The number of carboxylic acid groups (broad SMARTS) is 1. The first kappa shape index (κ1) is 22.1. The lowest BCUT2D eigenvalue weighted by Gasteiger charge is -2.10. The molecule has 1 N–H and O–H groups in total. The van der Waals surface area contributed by atoms with Crippen LogP contribution in [0.3, 0.4) is 0 Å². The van der Waals surface area contributed by atoms with Crippen molar-refractivity contribution in [3.8, 4) is 5.69 Å². The van der Waals surface area contributed by atoms with E-state index in [0.717, 1.165) is 33.8 Å². The molecule has 0 saturated heterocycles. The number of halogens is 3. The van der Waals surface area contributed by atoms with E-state index in [9.17, 15) is 27.9 Å². The number of aryl methyl sites for hydroxylation is 1. The number of aromatic nitrogens is 5. The van der Waals surface area contributed by atoms with Crippen LogP contribution in [0.1, 0.15) is 33.1 Å². The molecule has 0 spiro atoms. The summed E-state index contributed by atoms with van der Waals surface area (Å²) in [6, 6.07) is 7.43. The lowest BCUT2D eigenvalue weighted by Crippen LogP contribution is -2.25. The average Bonchev–Trinajstić information content (AvgIpc) is 3.26. The zero-order valence-electron chi connectivity index (χ0n) is 17.6. The minimum absolute atomic E-state index is 0.0416. The molecule has 4 aromatic rings. The molecule has 11 heteroatoms. The summed E-state index contributed by atoms with van der Waals surface area (Å²) in [5, 5.41) is 13.1. The van der Waals surface area contributed by atoms with Gasteiger partial charge in [-0.25, -0.2) is 27.7 Å². The zero-order chi connectivity index (χ0) is 23.9. The highest BCUT2D eigenvalue weighted by atomic mass is 19.1. The number of aromatic carboxylic acids is 1. The fourth-order valence-electron chi connectivity index (χ4n) is 3.55. The summed E-state index contributed by atoms with van der Waals surface area (Å²) < 4.78 is 46.2. The van der Waals surface area contributed by atoms with Crippen molar-refractivity contribution in [3.63, 3.8) is 0 Å². The van der Waals surface area contributed by atoms with Crippen molar-refractivity contribution in [1.82, 2.24) is 23.9 Å². The van der Waals surface area contributed by atoms with E-state index in [4.69, 9.17) is 0 Å². The molecule has 0 aliphatic heterocycles. The molecule has 0 unspecified atom stereocenters. The van der Waals surface area contributed by atoms with E-state index in [1.54, 1.807) is 18.4 Å². The standard InChI is InChI=1S/C22H18F3N5O3/c1-12-20(21(31)32)27-13(2)29(12)9-14-6-7-15(8-19(14)25)30-22(33)28(11-26-30)10-16-17(23)4-3-5-18(16)24/h3-8,11H,9-10H2,1-2H3,(H,31,32). The Morgan fingerprint density at radius 3 is 2.33 bits per heavy atom. The molecular formula is C22H18F3N5O3. The van der Waals surface area contributed by atoms with Crippen molar-refractivity contribution in [3.05, 3.63) is 99.0 Å². The van der Waals surface area contributed by atoms with Crippen LogP contribution in [-0.2, 0) is 13.1 Å². The van der Waals surface area contributed by atoms with Crippen LogP contribution in [0.2, 0.25) is 0 Å². The normalized spacial score (nSPS) is 11.2. The fourth-order valence-corrected chi connectivity index (χ4v) is 3.55. The summed E-state index contributed by atoms with van der Waals surface area (Å²) in [5.74, 6) is -2.97. The third-order valence-electron chi connectivity index (χ3n) is 5.35. The van der Waals surface area contributed by atoms with E-state index in [1.165, 1.54) is 18.2 Å². The Hall–Kier alpha value is -4.15. The molecule has 2 aromatic heterocycles. The Balaban J connectivity index is 1.62. The van der Waals surface area contributed by atoms with Gasteiger partial charge in [-0.1, -0.05) is 12.1 Å². The third-order valence-corrected chi connectivity index (χ3v) is 5.35. The van der Waals surface area contributed by atoms with Crippen molar-refractivity contribution in [2.24, 2.45) is 0 Å². The summed E-state index contributed by atoms with van der Waals surface area (Å²) in [7, 11) is 0. The molecule has 0 aliphatic rings. The van der Waals surface area contributed by atoms with Crippen LogP contribution in [0.4, 0.5) is 13.2 Å². The number of carbonyl (C=O) groups is 1. The van der Waals surface area contributed by atoms with Crippen LogP contribution >= 0.6 is 0 Å². The highest BCUT2D eigenvalue weighted by molar-refractivity contribution is 5.86. The van der Waals surface area contributed by atoms with Crippen molar-refractivity contribution in [2.45, 2.75) is 26.9 Å². The molecule has 0 amide bonds. The van der Waals surface area contributed by atoms with Crippen molar-refractivity contribution < 1.29 is 23.1 Å². The van der Waals surface area contributed by atoms with Gasteiger partial charge in [-0.05, 0) is 32.0 Å². The van der Waals surface area contributed by atoms with E-state index in [0.29, 0.717) is 11.5 Å². The first-order chi connectivity index (χ1) is 15.7. The second-order valence-electron chi connectivity index (χ2n) is 7.41. The van der Waals surface area contributed by atoms with E-state index >= 15 is 0 Å². The molecule has 2 heterocycles. The maximum Gasteiger partial charge on any atom is 0.356 e. The maximum absolute atomic E-state index is 14.8. The monoisotopic (exact) mass is 457 g/mol. The highest BCUT2D eigenvalue weighted by Gasteiger charge is 2.18. The number of hydrogen-bond donors (Lipinski definition) is 1. The fraction of sp³-hybridized carbons (Fsp3) is 0.182. The Morgan fingerprint density at radius 2 is 1.73 bits per heavy atom. The Kier molecular flexibility index (Phi) is 5.62. The Bertz CT molecular complexity index is 1420. The Labute approximate surface area is 185 Å². The molecule has 0 fully saturated rings. The van der Waals surface area contributed by atoms with Gasteiger partial charge in [0.15, 0.2) is 5.69 Å². The molecule has 4 rings (SSSR count). The van der Waals surface area contributed by atoms with Gasteiger partial charge in [0.05, 0.1) is 18.8 Å². The number of carboxylic acids is 1. The van der Waals surface area contributed by atoms with Crippen LogP contribution in [-0.4, -0.2) is 35.0 Å². The van der Waals surface area contributed by atoms with Gasteiger partial charge in [0.2, 0.25) is 0 Å². The summed E-state index contributed by atoms with van der Waals surface area (Å²) >= 11 is 0. The van der Waals surface area contributed by atoms with E-state index < -0.39 is 29.1 Å². The average molecular weight is 457 g/mol. The SMILES string of the molecule is Cc1nc(C(=O)O)c(C)n1Cc1ccc(-n2ncn(Cc3c(F)cccc3F)c2=O)cc1F. The molecule has 170 valence electrons. The van der Waals surface area contributed by atoms with Crippen LogP contribution in [0, 0.1) is 31.3 Å². The topological polar surface area (TPSA) is 94.9 Å². The number of benzene rings is 2. The van der Waals surface area contributed by atoms with E-state index in [-0.39, 0.29) is 35.6 Å². The van der Waals surface area contributed by atoms with E-state index in [1.807, 2.05) is 0 Å². The number of hydrogen-bond acceptors (Lipinski definition) is 4. The molecule has 0 aliphatic carbocycles. The van der Waals surface area contributed by atoms with Gasteiger partial charge in [0.25, 0.3) is 0 Å². The van der Waals surface area contributed by atoms with Gasteiger partial charge in [0.1, 0.15) is 29.6 Å². The molecular weight excluding hydrogens is 439 g/mol. The van der Waals surface area contributed by atoms with Gasteiger partial charge >= 0.3 is 11.7 Å². The quantitative estimate of drug-likeness (QED) is 0.480. The van der Waals surface area contributed by atoms with Crippen LogP contribution in [0.15, 0.2) is 47.5 Å². The largest absolute Gasteiger partial charge is 0.476 e. The molecule has 0 radical (unpaired) electrons. The van der Waals surface area contributed by atoms with Gasteiger partial charge < -0.3 is 9.67 Å². The number of nitrogens with zero attached hydrogens (tertiary/aromatic N) is 5. The molecule has 0 saturated carbocycles. The van der Waals surface area contributed by atoms with Gasteiger partial charge in [0, 0.05) is 22.9 Å². The van der Waals surface area contributed by atoms with Crippen LogP contribution < -0.4 is 5.69 Å². The van der Waals surface area contributed by atoms with Crippen molar-refractivity contribution in [2.75, 3.05) is 0 Å². The van der Waals surface area contributed by atoms with Gasteiger partial charge in [-0.3, -0.25) is 4.57 Å². The number of imidazole rings is 1. The summed E-state index contributed by atoms with van der Waals surface area (Å²) in [6.07, 6.45) is 1.12. The first-order valence-corrected chi connectivity index (χ1v) is 9.80. The molecule has 0 atom stereocenters. The smallest absolute Gasteiger partial charge is 0.356 e. The minimum Gasteiger partial charge on any atom is -0.476 e. The van der Waals surface area contributed by atoms with Crippen LogP contribution in [0.25, 0.3) is 5.69 Å². The number of rotatable bonds is 6.